The Kier molecular flexibility index (Phi) is 3.52. The Morgan fingerprint density at radius 2 is 2.13 bits per heavy atom. The molecule has 0 atom stereocenters. The Hall–Kier alpha value is -1.29. The number of anilines is 2. The molecule has 0 fully saturated rings. The average molecular weight is 208 g/mol. The summed E-state index contributed by atoms with van der Waals surface area (Å²) in [7, 11) is 4.13. The summed E-state index contributed by atoms with van der Waals surface area (Å²) in [4.78, 5) is 6.20. The van der Waals surface area contributed by atoms with Gasteiger partial charge in [-0.1, -0.05) is 0 Å². The van der Waals surface area contributed by atoms with Crippen LogP contribution in [0.4, 0.5) is 11.5 Å². The molecular formula is C11H20N4. The van der Waals surface area contributed by atoms with Crippen molar-refractivity contribution in [2.45, 2.75) is 19.4 Å². The van der Waals surface area contributed by atoms with E-state index in [-0.39, 0.29) is 5.54 Å². The maximum absolute atomic E-state index is 5.74. The quantitative estimate of drug-likeness (QED) is 0.785. The van der Waals surface area contributed by atoms with Crippen LogP contribution in [0.5, 0.6) is 0 Å². The van der Waals surface area contributed by atoms with Gasteiger partial charge in [-0.2, -0.15) is 0 Å². The van der Waals surface area contributed by atoms with Crippen LogP contribution < -0.4 is 11.1 Å². The van der Waals surface area contributed by atoms with E-state index in [1.807, 2.05) is 12.1 Å². The third-order valence-electron chi connectivity index (χ3n) is 2.76. The highest BCUT2D eigenvalue weighted by Gasteiger charge is 2.20. The van der Waals surface area contributed by atoms with Gasteiger partial charge in [0.1, 0.15) is 5.82 Å². The van der Waals surface area contributed by atoms with Gasteiger partial charge in [-0.15, -0.1) is 0 Å². The number of nitrogens with zero attached hydrogens (tertiary/aromatic N) is 2. The Balaban J connectivity index is 2.62. The Labute approximate surface area is 91.5 Å². The lowest BCUT2D eigenvalue weighted by Crippen LogP contribution is -2.44. The number of rotatable bonds is 4. The molecule has 0 spiro atoms. The van der Waals surface area contributed by atoms with E-state index in [0.717, 1.165) is 12.2 Å². The number of hydrogen-bond acceptors (Lipinski definition) is 4. The summed E-state index contributed by atoms with van der Waals surface area (Å²) in [5.41, 5.74) is 6.72. The minimum Gasteiger partial charge on any atom is -0.382 e. The SMILES string of the molecule is CN(C)C(C)(C)CNc1cccnc1N. The van der Waals surface area contributed by atoms with Crippen LogP contribution in [0.15, 0.2) is 18.3 Å². The highest BCUT2D eigenvalue weighted by Crippen LogP contribution is 2.16. The molecule has 0 aliphatic heterocycles. The average Bonchev–Trinajstić information content (AvgIpc) is 2.16. The molecule has 0 aromatic carbocycles. The molecule has 1 heterocycles. The standard InChI is InChI=1S/C11H20N4/c1-11(2,15(3)4)8-14-9-6-5-7-13-10(9)12/h5-7,14H,8H2,1-4H3,(H2,12,13). The van der Waals surface area contributed by atoms with E-state index >= 15 is 0 Å². The summed E-state index contributed by atoms with van der Waals surface area (Å²) in [6.07, 6.45) is 1.69. The van der Waals surface area contributed by atoms with Crippen LogP contribution in [-0.2, 0) is 0 Å². The minimum absolute atomic E-state index is 0.0856. The second-order valence-corrected chi connectivity index (χ2v) is 4.50. The molecule has 4 heteroatoms. The molecule has 0 unspecified atom stereocenters. The van der Waals surface area contributed by atoms with Crippen LogP contribution in [0.1, 0.15) is 13.8 Å². The van der Waals surface area contributed by atoms with Crippen molar-refractivity contribution in [2.75, 3.05) is 31.7 Å². The van der Waals surface area contributed by atoms with Crippen LogP contribution in [0.3, 0.4) is 0 Å². The Morgan fingerprint density at radius 3 is 2.67 bits per heavy atom. The van der Waals surface area contributed by atoms with Crippen molar-refractivity contribution >= 4 is 11.5 Å². The molecule has 0 aliphatic carbocycles. The molecule has 3 N–H and O–H groups in total. The summed E-state index contributed by atoms with van der Waals surface area (Å²) in [6.45, 7) is 5.18. The van der Waals surface area contributed by atoms with Crippen molar-refractivity contribution in [1.29, 1.82) is 0 Å². The largest absolute Gasteiger partial charge is 0.382 e. The Morgan fingerprint density at radius 1 is 1.47 bits per heavy atom. The van der Waals surface area contributed by atoms with E-state index in [4.69, 9.17) is 5.73 Å². The molecule has 0 saturated heterocycles. The number of nitrogen functional groups attached to an aromatic ring is 1. The van der Waals surface area contributed by atoms with Gasteiger partial charge in [-0.25, -0.2) is 4.98 Å². The van der Waals surface area contributed by atoms with Gasteiger partial charge < -0.3 is 16.0 Å². The smallest absolute Gasteiger partial charge is 0.146 e. The summed E-state index contributed by atoms with van der Waals surface area (Å²) < 4.78 is 0. The fourth-order valence-electron chi connectivity index (χ4n) is 1.04. The first-order chi connectivity index (χ1) is 6.93. The number of hydrogen-bond donors (Lipinski definition) is 2. The van der Waals surface area contributed by atoms with E-state index in [9.17, 15) is 0 Å². The molecule has 0 amide bonds. The monoisotopic (exact) mass is 208 g/mol. The van der Waals surface area contributed by atoms with Crippen LogP contribution in [0.2, 0.25) is 0 Å². The zero-order valence-electron chi connectivity index (χ0n) is 9.91. The molecule has 1 rings (SSSR count). The number of nitrogens with one attached hydrogen (secondary N) is 1. The molecule has 84 valence electrons. The molecule has 0 saturated carbocycles. The van der Waals surface area contributed by atoms with Crippen molar-refractivity contribution in [3.8, 4) is 0 Å². The van der Waals surface area contributed by atoms with E-state index < -0.39 is 0 Å². The van der Waals surface area contributed by atoms with Gasteiger partial charge in [0, 0.05) is 18.3 Å². The van der Waals surface area contributed by atoms with Crippen molar-refractivity contribution < 1.29 is 0 Å². The molecule has 15 heavy (non-hydrogen) atoms. The predicted molar refractivity (Wildman–Crippen MR) is 64.9 cm³/mol. The van der Waals surface area contributed by atoms with E-state index in [1.165, 1.54) is 0 Å². The zero-order chi connectivity index (χ0) is 11.5. The maximum atomic E-state index is 5.74. The van der Waals surface area contributed by atoms with Gasteiger partial charge in [0.25, 0.3) is 0 Å². The first-order valence-electron chi connectivity index (χ1n) is 5.05. The number of nitrogens with two attached hydrogens (primary N) is 1. The highest BCUT2D eigenvalue weighted by molar-refractivity contribution is 5.60. The molecule has 0 radical (unpaired) electrons. The lowest BCUT2D eigenvalue weighted by atomic mass is 10.0. The second kappa shape index (κ2) is 4.49. The van der Waals surface area contributed by atoms with Gasteiger partial charge in [-0.05, 0) is 40.1 Å². The van der Waals surface area contributed by atoms with Crippen LogP contribution in [-0.4, -0.2) is 36.1 Å². The van der Waals surface area contributed by atoms with Crippen molar-refractivity contribution in [3.05, 3.63) is 18.3 Å². The van der Waals surface area contributed by atoms with Crippen molar-refractivity contribution in [2.24, 2.45) is 0 Å². The van der Waals surface area contributed by atoms with Gasteiger partial charge >= 0.3 is 0 Å². The van der Waals surface area contributed by atoms with Crippen molar-refractivity contribution in [1.82, 2.24) is 9.88 Å². The normalized spacial score (nSPS) is 11.8. The first-order valence-corrected chi connectivity index (χ1v) is 5.05. The maximum Gasteiger partial charge on any atom is 0.146 e. The number of pyridine rings is 1. The molecule has 0 bridgehead atoms. The number of aromatic nitrogens is 1. The highest BCUT2D eigenvalue weighted by atomic mass is 15.2. The first kappa shape index (κ1) is 11.8. The topological polar surface area (TPSA) is 54.2 Å². The van der Waals surface area contributed by atoms with Crippen LogP contribution in [0, 0.1) is 0 Å². The van der Waals surface area contributed by atoms with Gasteiger partial charge in [0.2, 0.25) is 0 Å². The lowest BCUT2D eigenvalue weighted by Gasteiger charge is -2.33. The fourth-order valence-corrected chi connectivity index (χ4v) is 1.04. The van der Waals surface area contributed by atoms with E-state index in [2.05, 4.69) is 43.1 Å². The molecule has 0 aliphatic rings. The fraction of sp³-hybridized carbons (Fsp3) is 0.545. The molecule has 1 aromatic heterocycles. The minimum atomic E-state index is 0.0856. The summed E-state index contributed by atoms with van der Waals surface area (Å²) in [5, 5.41) is 3.31. The Bertz CT molecular complexity index is 320. The van der Waals surface area contributed by atoms with Crippen molar-refractivity contribution in [3.63, 3.8) is 0 Å². The predicted octanol–water partition coefficient (Wildman–Crippen LogP) is 1.42. The summed E-state index contributed by atoms with van der Waals surface area (Å²) in [5.74, 6) is 0.548. The second-order valence-electron chi connectivity index (χ2n) is 4.50. The third kappa shape index (κ3) is 3.09. The summed E-state index contributed by atoms with van der Waals surface area (Å²) in [6, 6.07) is 3.81. The van der Waals surface area contributed by atoms with Gasteiger partial charge in [0.15, 0.2) is 0 Å². The van der Waals surface area contributed by atoms with E-state index in [0.29, 0.717) is 5.82 Å². The van der Waals surface area contributed by atoms with Gasteiger partial charge in [-0.3, -0.25) is 0 Å². The van der Waals surface area contributed by atoms with E-state index in [1.54, 1.807) is 6.20 Å². The zero-order valence-corrected chi connectivity index (χ0v) is 9.91. The molecular weight excluding hydrogens is 188 g/mol. The molecule has 1 aromatic rings. The van der Waals surface area contributed by atoms with Crippen LogP contribution >= 0.6 is 0 Å². The molecule has 4 nitrogen and oxygen atoms in total. The van der Waals surface area contributed by atoms with Gasteiger partial charge in [0.05, 0.1) is 5.69 Å². The third-order valence-corrected chi connectivity index (χ3v) is 2.76. The summed E-state index contributed by atoms with van der Waals surface area (Å²) >= 11 is 0. The van der Waals surface area contributed by atoms with Crippen LogP contribution in [0.25, 0.3) is 0 Å². The number of likely N-dealkylation sites (N-methyl/N-ethyl adjacent to an activating group) is 1. The lowest BCUT2D eigenvalue weighted by molar-refractivity contribution is 0.210.